The number of nitrogens with two attached hydrogens (primary N) is 1. The minimum Gasteiger partial charge on any atom is -0.327 e. The lowest BCUT2D eigenvalue weighted by Crippen LogP contribution is -2.49. The van der Waals surface area contributed by atoms with Crippen molar-refractivity contribution in [3.8, 4) is 0 Å². The van der Waals surface area contributed by atoms with Crippen LogP contribution in [0.3, 0.4) is 0 Å². The van der Waals surface area contributed by atoms with Crippen molar-refractivity contribution in [1.82, 2.24) is 4.90 Å². The van der Waals surface area contributed by atoms with E-state index in [1.807, 2.05) is 0 Å². The fourth-order valence-corrected chi connectivity index (χ4v) is 3.71. The van der Waals surface area contributed by atoms with E-state index in [4.69, 9.17) is 5.73 Å². The van der Waals surface area contributed by atoms with Gasteiger partial charge in [-0.25, -0.2) is 0 Å². The molecule has 2 atom stereocenters. The molecule has 2 unspecified atom stereocenters. The molecule has 0 aromatic carbocycles. The first-order valence-corrected chi connectivity index (χ1v) is 7.47. The van der Waals surface area contributed by atoms with E-state index in [1.54, 1.807) is 0 Å². The Kier molecular flexibility index (Phi) is 5.12. The van der Waals surface area contributed by atoms with Gasteiger partial charge in [0.15, 0.2) is 0 Å². The van der Waals surface area contributed by atoms with Gasteiger partial charge in [-0.05, 0) is 31.1 Å². The normalized spacial score (nSPS) is 31.6. The van der Waals surface area contributed by atoms with Gasteiger partial charge in [0.2, 0.25) is 0 Å². The molecule has 0 amide bonds. The van der Waals surface area contributed by atoms with Crippen LogP contribution in [0, 0.1) is 11.8 Å². The van der Waals surface area contributed by atoms with Gasteiger partial charge in [0.1, 0.15) is 0 Å². The van der Waals surface area contributed by atoms with Crippen molar-refractivity contribution in [2.75, 3.05) is 19.6 Å². The molecule has 2 nitrogen and oxygen atoms in total. The topological polar surface area (TPSA) is 29.3 Å². The summed E-state index contributed by atoms with van der Waals surface area (Å²) in [5.41, 5.74) is 5.93. The Hall–Kier alpha value is -0.290. The third kappa shape index (κ3) is 5.30. The van der Waals surface area contributed by atoms with Crippen LogP contribution >= 0.6 is 0 Å². The molecular weight excluding hydrogens is 253 g/mol. The summed E-state index contributed by atoms with van der Waals surface area (Å²) in [6.45, 7) is 2.29. The third-order valence-corrected chi connectivity index (χ3v) is 4.41. The Labute approximate surface area is 113 Å². The molecule has 5 heteroatoms. The minimum absolute atomic E-state index is 0.0929. The van der Waals surface area contributed by atoms with Gasteiger partial charge in [-0.1, -0.05) is 19.3 Å². The van der Waals surface area contributed by atoms with Crippen molar-refractivity contribution in [1.29, 1.82) is 0 Å². The van der Waals surface area contributed by atoms with Crippen LogP contribution in [0.1, 0.15) is 44.9 Å². The van der Waals surface area contributed by atoms with Crippen molar-refractivity contribution in [3.05, 3.63) is 0 Å². The fourth-order valence-electron chi connectivity index (χ4n) is 3.71. The molecule has 1 heterocycles. The average Bonchev–Trinajstić information content (AvgIpc) is 2.26. The van der Waals surface area contributed by atoms with Gasteiger partial charge in [0, 0.05) is 32.1 Å². The summed E-state index contributed by atoms with van der Waals surface area (Å²) in [5, 5.41) is 0. The molecule has 1 aliphatic carbocycles. The highest BCUT2D eigenvalue weighted by Gasteiger charge is 2.36. The number of piperidine rings is 1. The van der Waals surface area contributed by atoms with Crippen molar-refractivity contribution >= 4 is 0 Å². The van der Waals surface area contributed by atoms with E-state index < -0.39 is 12.6 Å². The highest BCUT2D eigenvalue weighted by molar-refractivity contribution is 4.84. The SMILES string of the molecule is NC1CC(CC(F)(F)F)CN(CC2CCCCC2)C1. The van der Waals surface area contributed by atoms with Gasteiger partial charge in [0.05, 0.1) is 0 Å². The number of hydrogen-bond donors (Lipinski definition) is 1. The van der Waals surface area contributed by atoms with E-state index in [-0.39, 0.29) is 12.0 Å². The molecule has 0 radical (unpaired) electrons. The fraction of sp³-hybridized carbons (Fsp3) is 1.00. The van der Waals surface area contributed by atoms with Gasteiger partial charge < -0.3 is 10.6 Å². The lowest BCUT2D eigenvalue weighted by atomic mass is 9.86. The molecule has 0 aromatic rings. The van der Waals surface area contributed by atoms with Crippen molar-refractivity contribution in [3.63, 3.8) is 0 Å². The maximum absolute atomic E-state index is 12.5. The van der Waals surface area contributed by atoms with Crippen LogP contribution in [-0.4, -0.2) is 36.8 Å². The Morgan fingerprint density at radius 2 is 1.68 bits per heavy atom. The molecule has 2 fully saturated rings. The van der Waals surface area contributed by atoms with Crippen LogP contribution in [0.15, 0.2) is 0 Å². The molecule has 112 valence electrons. The lowest BCUT2D eigenvalue weighted by molar-refractivity contribution is -0.148. The predicted octanol–water partition coefficient (Wildman–Crippen LogP) is 3.17. The zero-order valence-corrected chi connectivity index (χ0v) is 11.5. The molecule has 2 N–H and O–H groups in total. The van der Waals surface area contributed by atoms with Gasteiger partial charge in [-0.15, -0.1) is 0 Å². The van der Waals surface area contributed by atoms with Crippen LogP contribution < -0.4 is 5.73 Å². The van der Waals surface area contributed by atoms with Crippen LogP contribution in [0.25, 0.3) is 0 Å². The Morgan fingerprint density at radius 3 is 2.32 bits per heavy atom. The molecule has 0 aromatic heterocycles. The van der Waals surface area contributed by atoms with E-state index in [9.17, 15) is 13.2 Å². The largest absolute Gasteiger partial charge is 0.389 e. The summed E-state index contributed by atoms with van der Waals surface area (Å²) in [5.74, 6) is 0.359. The summed E-state index contributed by atoms with van der Waals surface area (Å²) in [4.78, 5) is 2.18. The van der Waals surface area contributed by atoms with Crippen LogP contribution in [0.5, 0.6) is 0 Å². The first-order valence-electron chi connectivity index (χ1n) is 7.47. The molecule has 2 aliphatic rings. The minimum atomic E-state index is -4.06. The summed E-state index contributed by atoms with van der Waals surface area (Å²) in [7, 11) is 0. The molecule has 1 saturated heterocycles. The standard InChI is InChI=1S/C14H25F3N2/c15-14(16,17)7-12-6-13(18)10-19(9-12)8-11-4-2-1-3-5-11/h11-13H,1-10,18H2. The molecule has 2 rings (SSSR count). The first kappa shape index (κ1) is 15.1. The maximum atomic E-state index is 12.5. The van der Waals surface area contributed by atoms with Crippen molar-refractivity contribution in [2.45, 2.75) is 57.2 Å². The van der Waals surface area contributed by atoms with Crippen LogP contribution in [0.4, 0.5) is 13.2 Å². The van der Waals surface area contributed by atoms with Gasteiger partial charge in [-0.2, -0.15) is 13.2 Å². The van der Waals surface area contributed by atoms with E-state index >= 15 is 0 Å². The molecule has 0 spiro atoms. The van der Waals surface area contributed by atoms with Crippen LogP contribution in [-0.2, 0) is 0 Å². The van der Waals surface area contributed by atoms with Crippen molar-refractivity contribution in [2.24, 2.45) is 17.6 Å². The summed E-state index contributed by atoms with van der Waals surface area (Å²) in [6, 6.07) is -0.0929. The Morgan fingerprint density at radius 1 is 1.00 bits per heavy atom. The highest BCUT2D eigenvalue weighted by Crippen LogP contribution is 2.31. The molecule has 0 bridgehead atoms. The number of halogens is 3. The third-order valence-electron chi connectivity index (χ3n) is 4.41. The number of likely N-dealkylation sites (tertiary alicyclic amines) is 1. The number of nitrogens with zero attached hydrogens (tertiary/aromatic N) is 1. The summed E-state index contributed by atoms with van der Waals surface area (Å²) < 4.78 is 37.5. The average molecular weight is 278 g/mol. The lowest BCUT2D eigenvalue weighted by Gasteiger charge is -2.39. The molecule has 1 saturated carbocycles. The zero-order chi connectivity index (χ0) is 13.9. The smallest absolute Gasteiger partial charge is 0.327 e. The second kappa shape index (κ2) is 6.44. The van der Waals surface area contributed by atoms with Gasteiger partial charge in [0.25, 0.3) is 0 Å². The van der Waals surface area contributed by atoms with E-state index in [1.165, 1.54) is 32.1 Å². The van der Waals surface area contributed by atoms with Crippen LogP contribution in [0.2, 0.25) is 0 Å². The van der Waals surface area contributed by atoms with E-state index in [0.717, 1.165) is 13.1 Å². The summed E-state index contributed by atoms with van der Waals surface area (Å²) >= 11 is 0. The summed E-state index contributed by atoms with van der Waals surface area (Å²) in [6.07, 6.45) is 2.10. The molecule has 19 heavy (non-hydrogen) atoms. The Balaban J connectivity index is 1.82. The maximum Gasteiger partial charge on any atom is 0.389 e. The predicted molar refractivity (Wildman–Crippen MR) is 69.8 cm³/mol. The number of alkyl halides is 3. The Bertz CT molecular complexity index is 274. The highest BCUT2D eigenvalue weighted by atomic mass is 19.4. The van der Waals surface area contributed by atoms with Gasteiger partial charge >= 0.3 is 6.18 Å². The van der Waals surface area contributed by atoms with Crippen molar-refractivity contribution < 1.29 is 13.2 Å². The number of rotatable bonds is 3. The van der Waals surface area contributed by atoms with Gasteiger partial charge in [-0.3, -0.25) is 0 Å². The quantitative estimate of drug-likeness (QED) is 0.859. The van der Waals surface area contributed by atoms with E-state index in [0.29, 0.717) is 18.9 Å². The molecular formula is C14H25F3N2. The zero-order valence-electron chi connectivity index (χ0n) is 11.5. The van der Waals surface area contributed by atoms with E-state index in [2.05, 4.69) is 4.90 Å². The molecule has 1 aliphatic heterocycles. The second-order valence-corrected chi connectivity index (χ2v) is 6.40. The first-order chi connectivity index (χ1) is 8.92. The second-order valence-electron chi connectivity index (χ2n) is 6.40. The number of hydrogen-bond acceptors (Lipinski definition) is 2. The monoisotopic (exact) mass is 278 g/mol.